The van der Waals surface area contributed by atoms with E-state index in [9.17, 15) is 9.90 Å². The zero-order valence-electron chi connectivity index (χ0n) is 14.5. The number of aliphatic hydroxyl groups is 1. The average Bonchev–Trinajstić information content (AvgIpc) is 3.03. The van der Waals surface area contributed by atoms with Crippen molar-refractivity contribution in [3.8, 4) is 0 Å². The number of rotatable bonds is 1. The van der Waals surface area contributed by atoms with E-state index in [0.717, 1.165) is 38.5 Å². The lowest BCUT2D eigenvalue weighted by Crippen LogP contribution is -2.40. The molecule has 138 valence electrons. The van der Waals surface area contributed by atoms with Crippen LogP contribution in [0.1, 0.15) is 29.0 Å². The van der Waals surface area contributed by atoms with Crippen molar-refractivity contribution in [2.45, 2.75) is 24.9 Å². The Bertz CT molecular complexity index is 961. The van der Waals surface area contributed by atoms with Gasteiger partial charge in [-0.15, -0.1) is 0 Å². The van der Waals surface area contributed by atoms with Gasteiger partial charge >= 0.3 is 5.97 Å². The first-order valence-corrected chi connectivity index (χ1v) is 10.7. The molecule has 5 rings (SSSR count). The van der Waals surface area contributed by atoms with Gasteiger partial charge in [-0.1, -0.05) is 61.7 Å². The van der Waals surface area contributed by atoms with Gasteiger partial charge in [0.25, 0.3) is 0 Å². The molecule has 1 fully saturated rings. The van der Waals surface area contributed by atoms with Crippen molar-refractivity contribution in [1.82, 2.24) is 0 Å². The highest BCUT2D eigenvalue weighted by molar-refractivity contribution is 9.11. The number of ether oxygens (including phenoxy) is 1. The van der Waals surface area contributed by atoms with Crippen LogP contribution in [-0.2, 0) is 16.0 Å². The van der Waals surface area contributed by atoms with Gasteiger partial charge in [-0.3, -0.25) is 4.79 Å². The van der Waals surface area contributed by atoms with Crippen molar-refractivity contribution in [2.24, 2.45) is 11.8 Å². The number of esters is 1. The molecule has 0 aromatic heterocycles. The van der Waals surface area contributed by atoms with Crippen molar-refractivity contribution in [3.63, 3.8) is 0 Å². The SMILES string of the molecule is O=C1OC[C@@H]2[C@H]1[C@H](c1cc(Br)cc(Br)c1)C1=C(c3ccccc3CC1)[C@H]2O. The van der Waals surface area contributed by atoms with Crippen LogP contribution < -0.4 is 0 Å². The zero-order chi connectivity index (χ0) is 18.7. The third kappa shape index (κ3) is 2.74. The molecule has 27 heavy (non-hydrogen) atoms. The Morgan fingerprint density at radius 3 is 2.56 bits per heavy atom. The van der Waals surface area contributed by atoms with Crippen LogP contribution in [-0.4, -0.2) is 23.8 Å². The van der Waals surface area contributed by atoms with E-state index in [1.807, 2.05) is 18.2 Å². The van der Waals surface area contributed by atoms with Crippen molar-refractivity contribution in [2.75, 3.05) is 6.61 Å². The lowest BCUT2D eigenvalue weighted by molar-refractivity contribution is -0.141. The quantitative estimate of drug-likeness (QED) is 0.582. The van der Waals surface area contributed by atoms with E-state index in [1.165, 1.54) is 11.1 Å². The lowest BCUT2D eigenvalue weighted by atomic mass is 9.62. The highest BCUT2D eigenvalue weighted by Crippen LogP contribution is 2.54. The predicted octanol–water partition coefficient (Wildman–Crippen LogP) is 4.86. The highest BCUT2D eigenvalue weighted by atomic mass is 79.9. The van der Waals surface area contributed by atoms with Crippen LogP contribution in [0.25, 0.3) is 5.57 Å². The Balaban J connectivity index is 1.76. The van der Waals surface area contributed by atoms with Crippen molar-refractivity contribution >= 4 is 43.4 Å². The molecule has 2 aliphatic carbocycles. The first kappa shape index (κ1) is 17.7. The highest BCUT2D eigenvalue weighted by Gasteiger charge is 2.53. The number of aryl methyl sites for hydroxylation is 1. The largest absolute Gasteiger partial charge is 0.465 e. The van der Waals surface area contributed by atoms with Crippen LogP contribution in [0.15, 0.2) is 57.0 Å². The van der Waals surface area contributed by atoms with Crippen LogP contribution in [0.2, 0.25) is 0 Å². The number of aliphatic hydroxyl groups excluding tert-OH is 1. The van der Waals surface area contributed by atoms with Gasteiger partial charge in [0.1, 0.15) is 0 Å². The molecule has 1 aliphatic heterocycles. The molecule has 1 N–H and O–H groups in total. The molecule has 2 aromatic carbocycles. The molecule has 0 unspecified atom stereocenters. The summed E-state index contributed by atoms with van der Waals surface area (Å²) in [6.45, 7) is 0.287. The van der Waals surface area contributed by atoms with Gasteiger partial charge in [-0.05, 0) is 53.3 Å². The Morgan fingerprint density at radius 1 is 1.04 bits per heavy atom. The van der Waals surface area contributed by atoms with Gasteiger partial charge in [-0.2, -0.15) is 0 Å². The normalized spacial score (nSPS) is 29.1. The maximum Gasteiger partial charge on any atom is 0.310 e. The predicted molar refractivity (Wildman–Crippen MR) is 110 cm³/mol. The monoisotopic (exact) mass is 488 g/mol. The summed E-state index contributed by atoms with van der Waals surface area (Å²) in [5.41, 5.74) is 5.68. The number of hydrogen-bond donors (Lipinski definition) is 1. The summed E-state index contributed by atoms with van der Waals surface area (Å²) in [6, 6.07) is 14.5. The van der Waals surface area contributed by atoms with Gasteiger partial charge in [0.2, 0.25) is 0 Å². The first-order chi connectivity index (χ1) is 13.0. The number of fused-ring (bicyclic) bond motifs is 3. The first-order valence-electron chi connectivity index (χ1n) is 9.16. The molecule has 0 spiro atoms. The Morgan fingerprint density at radius 2 is 1.78 bits per heavy atom. The summed E-state index contributed by atoms with van der Waals surface area (Å²) in [5.74, 6) is -0.786. The molecule has 3 nitrogen and oxygen atoms in total. The molecular formula is C22H18Br2O3. The van der Waals surface area contributed by atoms with Crippen molar-refractivity contribution < 1.29 is 14.6 Å². The van der Waals surface area contributed by atoms with Gasteiger partial charge in [0.05, 0.1) is 18.6 Å². The van der Waals surface area contributed by atoms with E-state index in [1.54, 1.807) is 0 Å². The maximum absolute atomic E-state index is 12.6. The number of allylic oxidation sites excluding steroid dienone is 1. The molecule has 0 bridgehead atoms. The van der Waals surface area contributed by atoms with Crippen molar-refractivity contribution in [1.29, 1.82) is 0 Å². The summed E-state index contributed by atoms with van der Waals surface area (Å²) in [6.07, 6.45) is 1.12. The summed E-state index contributed by atoms with van der Waals surface area (Å²) < 4.78 is 7.37. The summed E-state index contributed by atoms with van der Waals surface area (Å²) in [5, 5.41) is 11.2. The molecular weight excluding hydrogens is 472 g/mol. The van der Waals surface area contributed by atoms with E-state index in [2.05, 4.69) is 56.1 Å². The summed E-state index contributed by atoms with van der Waals surface area (Å²) >= 11 is 7.16. The number of cyclic esters (lactones) is 1. The fourth-order valence-corrected chi connectivity index (χ4v) is 6.40. The number of carbonyl (C=O) groups excluding carboxylic acids is 1. The zero-order valence-corrected chi connectivity index (χ0v) is 17.7. The average molecular weight is 490 g/mol. The second kappa shape index (κ2) is 6.57. The second-order valence-corrected chi connectivity index (χ2v) is 9.37. The van der Waals surface area contributed by atoms with Crippen molar-refractivity contribution in [3.05, 3.63) is 73.7 Å². The third-order valence-corrected chi connectivity index (χ3v) is 7.06. The van der Waals surface area contributed by atoms with Gasteiger partial charge < -0.3 is 9.84 Å². The van der Waals surface area contributed by atoms with E-state index in [-0.39, 0.29) is 30.3 Å². The molecule has 3 aliphatic rings. The summed E-state index contributed by atoms with van der Waals surface area (Å²) in [7, 11) is 0. The van der Waals surface area contributed by atoms with E-state index >= 15 is 0 Å². The standard InChI is InChI=1S/C22H18Br2O3/c23-13-7-12(8-14(24)9-13)18-16-6-5-11-3-1-2-4-15(11)19(16)21(25)17-10-27-22(26)20(17)18/h1-4,7-9,17-18,20-21,25H,5-6,10H2/t17-,18-,20+,21+/m1/s1. The molecule has 1 heterocycles. The molecule has 4 atom stereocenters. The topological polar surface area (TPSA) is 46.5 Å². The minimum atomic E-state index is -0.662. The number of carbonyl (C=O) groups is 1. The van der Waals surface area contributed by atoms with Crippen LogP contribution in [0.3, 0.4) is 0 Å². The van der Waals surface area contributed by atoms with Gasteiger partial charge in [-0.25, -0.2) is 0 Å². The maximum atomic E-state index is 12.6. The number of hydrogen-bond acceptors (Lipinski definition) is 3. The van der Waals surface area contributed by atoms with Crippen LogP contribution in [0.4, 0.5) is 0 Å². The lowest BCUT2D eigenvalue weighted by Gasteiger charge is -2.41. The minimum absolute atomic E-state index is 0.0643. The molecule has 5 heteroatoms. The minimum Gasteiger partial charge on any atom is -0.465 e. The van der Waals surface area contributed by atoms with E-state index < -0.39 is 6.10 Å². The summed E-state index contributed by atoms with van der Waals surface area (Å²) in [4.78, 5) is 12.6. The fraction of sp³-hybridized carbons (Fsp3) is 0.318. The number of benzene rings is 2. The Kier molecular flexibility index (Phi) is 4.30. The Labute approximate surface area is 174 Å². The molecule has 1 saturated heterocycles. The van der Waals surface area contributed by atoms with E-state index in [4.69, 9.17) is 4.74 Å². The molecule has 0 amide bonds. The molecule has 0 radical (unpaired) electrons. The van der Waals surface area contributed by atoms with Crippen LogP contribution >= 0.6 is 31.9 Å². The van der Waals surface area contributed by atoms with Gasteiger partial charge in [0, 0.05) is 20.8 Å². The van der Waals surface area contributed by atoms with Gasteiger partial charge in [0.15, 0.2) is 0 Å². The second-order valence-electron chi connectivity index (χ2n) is 7.54. The molecule has 2 aromatic rings. The Hall–Kier alpha value is -1.43. The van der Waals surface area contributed by atoms with Crippen LogP contribution in [0, 0.1) is 11.8 Å². The van der Waals surface area contributed by atoms with Crippen LogP contribution in [0.5, 0.6) is 0 Å². The van der Waals surface area contributed by atoms with E-state index in [0.29, 0.717) is 0 Å². The third-order valence-electron chi connectivity index (χ3n) is 6.15. The number of halogens is 2. The fourth-order valence-electron chi connectivity index (χ4n) is 5.07. The smallest absolute Gasteiger partial charge is 0.310 e. The molecule has 0 saturated carbocycles.